The Kier molecular flexibility index (Phi) is 1.86. The highest BCUT2D eigenvalue weighted by Crippen LogP contribution is 2.15. The Bertz CT molecular complexity index is 151. The van der Waals surface area contributed by atoms with Crippen molar-refractivity contribution >= 4 is 5.97 Å². The van der Waals surface area contributed by atoms with Gasteiger partial charge in [-0.05, 0) is 26.4 Å². The maximum Gasteiger partial charge on any atom is 0.323 e. The quantitative estimate of drug-likeness (QED) is 0.494. The van der Waals surface area contributed by atoms with Gasteiger partial charge in [-0.2, -0.15) is 0 Å². The summed E-state index contributed by atoms with van der Waals surface area (Å²) in [7, 11) is 1.59. The number of ether oxygens (including phenoxy) is 1. The van der Waals surface area contributed by atoms with Crippen molar-refractivity contribution in [3.05, 3.63) is 0 Å². The van der Waals surface area contributed by atoms with Crippen LogP contribution in [-0.2, 0) is 9.53 Å². The fourth-order valence-electron chi connectivity index (χ4n) is 1.23. The topological polar surface area (TPSA) is 29.5 Å². The van der Waals surface area contributed by atoms with Gasteiger partial charge in [-0.15, -0.1) is 0 Å². The standard InChI is InChI=1S/C7H13NO2/c1-8-5-3-4-6(8)7(9)10-2/h6H,3-5H2,1-2H3/t6-/m0/s1/i1D. The molecule has 0 aromatic rings. The summed E-state index contributed by atoms with van der Waals surface area (Å²) >= 11 is 0. The molecule has 0 amide bonds. The summed E-state index contributed by atoms with van der Waals surface area (Å²) in [6.07, 6.45) is 1.84. The van der Waals surface area contributed by atoms with Crippen LogP contribution in [0.5, 0.6) is 0 Å². The van der Waals surface area contributed by atoms with Crippen molar-refractivity contribution in [2.24, 2.45) is 0 Å². The number of methoxy groups -OCH3 is 1. The fourth-order valence-corrected chi connectivity index (χ4v) is 1.23. The van der Waals surface area contributed by atoms with E-state index >= 15 is 0 Å². The van der Waals surface area contributed by atoms with E-state index in [0.29, 0.717) is 0 Å². The number of likely N-dealkylation sites (tertiary alicyclic amines) is 1. The summed E-state index contributed by atoms with van der Waals surface area (Å²) in [6.45, 7) is 0.850. The van der Waals surface area contributed by atoms with E-state index in [0.717, 1.165) is 19.4 Å². The number of carbonyl (C=O) groups is 1. The molecule has 1 heterocycles. The highest BCUT2D eigenvalue weighted by atomic mass is 16.5. The van der Waals surface area contributed by atoms with E-state index in [1.165, 1.54) is 7.11 Å². The molecule has 3 heteroatoms. The number of hydrogen-bond acceptors (Lipinski definition) is 3. The Hall–Kier alpha value is -0.570. The molecule has 1 saturated heterocycles. The minimum atomic E-state index is -0.199. The lowest BCUT2D eigenvalue weighted by molar-refractivity contribution is -0.145. The summed E-state index contributed by atoms with van der Waals surface area (Å²) < 4.78 is 11.7. The maximum atomic E-state index is 11.0. The largest absolute Gasteiger partial charge is 0.468 e. The molecule has 1 atom stereocenters. The molecule has 1 rings (SSSR count). The van der Waals surface area contributed by atoms with Crippen LogP contribution in [0.3, 0.4) is 0 Å². The van der Waals surface area contributed by atoms with Crippen LogP contribution in [0.1, 0.15) is 14.2 Å². The highest BCUT2D eigenvalue weighted by Gasteiger charge is 2.27. The summed E-state index contributed by atoms with van der Waals surface area (Å²) in [5.74, 6) is -0.199. The van der Waals surface area contributed by atoms with E-state index in [9.17, 15) is 4.79 Å². The van der Waals surface area contributed by atoms with Crippen molar-refractivity contribution < 1.29 is 10.9 Å². The molecule has 0 aliphatic carbocycles. The van der Waals surface area contributed by atoms with Gasteiger partial charge in [0.15, 0.2) is 0 Å². The third-order valence-electron chi connectivity index (χ3n) is 1.84. The van der Waals surface area contributed by atoms with Crippen LogP contribution in [0.2, 0.25) is 0 Å². The normalized spacial score (nSPS) is 28.1. The van der Waals surface area contributed by atoms with E-state index in [2.05, 4.69) is 4.74 Å². The highest BCUT2D eigenvalue weighted by molar-refractivity contribution is 5.75. The van der Waals surface area contributed by atoms with Crippen molar-refractivity contribution in [2.75, 3.05) is 20.7 Å². The van der Waals surface area contributed by atoms with Gasteiger partial charge in [-0.1, -0.05) is 0 Å². The third kappa shape index (κ3) is 1.29. The van der Waals surface area contributed by atoms with Crippen LogP contribution in [0, 0.1) is 0 Å². The minimum Gasteiger partial charge on any atom is -0.468 e. The Labute approximate surface area is 62.4 Å². The number of esters is 1. The molecule has 0 radical (unpaired) electrons. The zero-order valence-electron chi connectivity index (χ0n) is 7.17. The number of hydrogen-bond donors (Lipinski definition) is 0. The number of carbonyl (C=O) groups excluding carboxylic acids is 1. The molecule has 58 valence electrons. The Morgan fingerprint density at radius 2 is 2.70 bits per heavy atom. The first-order valence-electron chi connectivity index (χ1n) is 4.11. The Morgan fingerprint density at radius 3 is 3.30 bits per heavy atom. The SMILES string of the molecule is [2H]CN1CCC[C@H]1C(=O)OC. The predicted octanol–water partition coefficient (Wildman–Crippen LogP) is 0.254. The molecule has 1 aliphatic heterocycles. The lowest BCUT2D eigenvalue weighted by Crippen LogP contribution is -2.33. The molecule has 0 aromatic carbocycles. The molecule has 0 N–H and O–H groups in total. The van der Waals surface area contributed by atoms with Crippen LogP contribution in [0.4, 0.5) is 0 Å². The van der Waals surface area contributed by atoms with Gasteiger partial charge in [0, 0.05) is 1.37 Å². The first-order valence-corrected chi connectivity index (χ1v) is 3.40. The third-order valence-corrected chi connectivity index (χ3v) is 1.84. The zero-order valence-corrected chi connectivity index (χ0v) is 6.17. The average molecular weight is 144 g/mol. The monoisotopic (exact) mass is 144 g/mol. The number of nitrogens with zero attached hydrogens (tertiary/aromatic N) is 1. The van der Waals surface area contributed by atoms with Crippen LogP contribution in [-0.4, -0.2) is 37.6 Å². The predicted molar refractivity (Wildman–Crippen MR) is 37.7 cm³/mol. The van der Waals surface area contributed by atoms with E-state index in [4.69, 9.17) is 1.37 Å². The van der Waals surface area contributed by atoms with Gasteiger partial charge >= 0.3 is 5.97 Å². The number of likely N-dealkylation sites (N-methyl/N-ethyl adjacent to an activating group) is 1. The molecule has 3 nitrogen and oxygen atoms in total. The van der Waals surface area contributed by atoms with Gasteiger partial charge in [0.25, 0.3) is 0 Å². The van der Waals surface area contributed by atoms with Crippen LogP contribution < -0.4 is 0 Å². The summed E-state index contributed by atoms with van der Waals surface area (Å²) in [4.78, 5) is 12.9. The van der Waals surface area contributed by atoms with Crippen molar-refractivity contribution in [3.63, 3.8) is 0 Å². The van der Waals surface area contributed by atoms with Crippen molar-refractivity contribution in [2.45, 2.75) is 18.9 Å². The summed E-state index contributed by atoms with van der Waals surface area (Å²) in [6, 6.07) is -0.155. The van der Waals surface area contributed by atoms with E-state index in [-0.39, 0.29) is 19.0 Å². The molecule has 1 fully saturated rings. The van der Waals surface area contributed by atoms with Gasteiger partial charge in [0.05, 0.1) is 7.11 Å². The van der Waals surface area contributed by atoms with Gasteiger partial charge in [-0.3, -0.25) is 9.69 Å². The van der Waals surface area contributed by atoms with E-state index < -0.39 is 0 Å². The fraction of sp³-hybridized carbons (Fsp3) is 0.857. The second-order valence-corrected chi connectivity index (χ2v) is 2.49. The van der Waals surface area contributed by atoms with Gasteiger partial charge in [0.1, 0.15) is 6.04 Å². The van der Waals surface area contributed by atoms with Gasteiger partial charge < -0.3 is 4.74 Å². The van der Waals surface area contributed by atoms with Crippen molar-refractivity contribution in [1.29, 1.82) is 0 Å². The molecule has 0 aromatic heterocycles. The lowest BCUT2D eigenvalue weighted by atomic mass is 10.2. The average Bonchev–Trinajstić information content (AvgIpc) is 2.50. The minimum absolute atomic E-state index is 0.155. The Balaban J connectivity index is 2.49. The first kappa shape index (κ1) is 6.16. The summed E-state index contributed by atoms with van der Waals surface area (Å²) in [5, 5.41) is 0. The molecule has 0 unspecified atom stereocenters. The second kappa shape index (κ2) is 3.01. The first-order chi connectivity index (χ1) is 5.29. The molecule has 0 bridgehead atoms. The molecule has 0 saturated carbocycles. The molecular weight excluding hydrogens is 130 g/mol. The molecule has 0 spiro atoms. The lowest BCUT2D eigenvalue weighted by Gasteiger charge is -2.15. The van der Waals surface area contributed by atoms with Crippen molar-refractivity contribution in [1.82, 2.24) is 4.90 Å². The molecule has 1 aliphatic rings. The van der Waals surface area contributed by atoms with Crippen LogP contribution in [0.15, 0.2) is 0 Å². The van der Waals surface area contributed by atoms with E-state index in [1.807, 2.05) is 4.90 Å². The zero-order chi connectivity index (χ0) is 8.27. The number of rotatable bonds is 1. The van der Waals surface area contributed by atoms with E-state index in [1.54, 1.807) is 0 Å². The van der Waals surface area contributed by atoms with Gasteiger partial charge in [0.2, 0.25) is 0 Å². The van der Waals surface area contributed by atoms with Crippen molar-refractivity contribution in [3.8, 4) is 0 Å². The van der Waals surface area contributed by atoms with Gasteiger partial charge in [-0.25, -0.2) is 0 Å². The maximum absolute atomic E-state index is 11.0. The molecular formula is C7H13NO2. The Morgan fingerprint density at radius 1 is 1.90 bits per heavy atom. The second-order valence-electron chi connectivity index (χ2n) is 2.49. The summed E-state index contributed by atoms with van der Waals surface area (Å²) in [5.41, 5.74) is 0. The smallest absolute Gasteiger partial charge is 0.323 e. The van der Waals surface area contributed by atoms with Crippen LogP contribution in [0.25, 0.3) is 0 Å². The molecule has 10 heavy (non-hydrogen) atoms. The van der Waals surface area contributed by atoms with Crippen LogP contribution >= 0.6 is 0 Å².